The smallest absolute Gasteiger partial charge is 0.339 e. The summed E-state index contributed by atoms with van der Waals surface area (Å²) in [4.78, 5) is 11.0. The van der Waals surface area contributed by atoms with E-state index in [0.717, 1.165) is 12.8 Å². The highest BCUT2D eigenvalue weighted by Gasteiger charge is 2.16. The summed E-state index contributed by atoms with van der Waals surface area (Å²) in [6, 6.07) is 2.78. The van der Waals surface area contributed by atoms with E-state index in [1.54, 1.807) is 7.11 Å². The number of halogens is 2. The van der Waals surface area contributed by atoms with Gasteiger partial charge in [0.15, 0.2) is 5.75 Å². The normalized spacial score (nSPS) is 10.4. The zero-order valence-electron chi connectivity index (χ0n) is 9.91. The van der Waals surface area contributed by atoms with Gasteiger partial charge in [0.25, 0.3) is 0 Å². The zero-order chi connectivity index (χ0) is 13.5. The number of carboxylic acids is 1. The second-order valence-corrected chi connectivity index (χ2v) is 4.46. The minimum absolute atomic E-state index is 0.0285. The Hall–Kier alpha value is -0.970. The summed E-state index contributed by atoms with van der Waals surface area (Å²) < 4.78 is 10.3. The summed E-state index contributed by atoms with van der Waals surface area (Å²) in [5, 5.41) is 9.51. The van der Waals surface area contributed by atoms with Gasteiger partial charge < -0.3 is 14.6 Å². The summed E-state index contributed by atoms with van der Waals surface area (Å²) >= 11 is 11.7. The molecule has 6 heteroatoms. The van der Waals surface area contributed by atoms with Gasteiger partial charge in [-0.15, -0.1) is 0 Å². The van der Waals surface area contributed by atoms with E-state index in [1.807, 2.05) is 0 Å². The number of ether oxygens (including phenoxy) is 2. The Morgan fingerprint density at radius 1 is 1.28 bits per heavy atom. The lowest BCUT2D eigenvalue weighted by atomic mass is 10.2. The van der Waals surface area contributed by atoms with Gasteiger partial charge in [-0.1, -0.05) is 23.2 Å². The molecule has 1 rings (SSSR count). The molecular weight excluding hydrogens is 279 g/mol. The zero-order valence-corrected chi connectivity index (χ0v) is 11.4. The molecule has 100 valence electrons. The van der Waals surface area contributed by atoms with E-state index in [9.17, 15) is 4.79 Å². The third-order valence-corrected chi connectivity index (χ3v) is 2.73. The Kier molecular flexibility index (Phi) is 6.25. The van der Waals surface area contributed by atoms with Crippen molar-refractivity contribution in [2.24, 2.45) is 0 Å². The highest BCUT2D eigenvalue weighted by molar-refractivity contribution is 6.36. The lowest BCUT2D eigenvalue weighted by Crippen LogP contribution is -2.06. The molecule has 0 aliphatic carbocycles. The average Bonchev–Trinajstić information content (AvgIpc) is 2.30. The van der Waals surface area contributed by atoms with Crippen LogP contribution in [0.25, 0.3) is 0 Å². The van der Waals surface area contributed by atoms with Crippen LogP contribution in [0, 0.1) is 0 Å². The molecule has 0 heterocycles. The molecule has 0 saturated carbocycles. The van der Waals surface area contributed by atoms with Gasteiger partial charge in [0.2, 0.25) is 0 Å². The SMILES string of the molecule is COCCCCOc1c(Cl)cc(Cl)cc1C(=O)O. The molecule has 0 radical (unpaired) electrons. The topological polar surface area (TPSA) is 55.8 Å². The minimum Gasteiger partial charge on any atom is -0.491 e. The van der Waals surface area contributed by atoms with Crippen LogP contribution in [-0.2, 0) is 4.74 Å². The largest absolute Gasteiger partial charge is 0.491 e. The maximum Gasteiger partial charge on any atom is 0.339 e. The highest BCUT2D eigenvalue weighted by atomic mass is 35.5. The van der Waals surface area contributed by atoms with E-state index in [1.165, 1.54) is 12.1 Å². The van der Waals surface area contributed by atoms with Gasteiger partial charge in [0.05, 0.1) is 11.6 Å². The van der Waals surface area contributed by atoms with E-state index in [4.69, 9.17) is 37.8 Å². The Labute approximate surface area is 115 Å². The molecule has 1 N–H and O–H groups in total. The van der Waals surface area contributed by atoms with Crippen LogP contribution >= 0.6 is 23.2 Å². The Bertz CT molecular complexity index is 421. The molecule has 0 bridgehead atoms. The van der Waals surface area contributed by atoms with Crippen molar-refractivity contribution in [3.8, 4) is 5.75 Å². The van der Waals surface area contributed by atoms with Crippen molar-refractivity contribution >= 4 is 29.2 Å². The van der Waals surface area contributed by atoms with Crippen molar-refractivity contribution < 1.29 is 19.4 Å². The van der Waals surface area contributed by atoms with Gasteiger partial charge >= 0.3 is 5.97 Å². The lowest BCUT2D eigenvalue weighted by molar-refractivity contribution is 0.0692. The van der Waals surface area contributed by atoms with Crippen molar-refractivity contribution in [2.45, 2.75) is 12.8 Å². The van der Waals surface area contributed by atoms with Gasteiger partial charge in [-0.2, -0.15) is 0 Å². The van der Waals surface area contributed by atoms with Crippen LogP contribution in [0.15, 0.2) is 12.1 Å². The summed E-state index contributed by atoms with van der Waals surface area (Å²) in [6.07, 6.45) is 1.59. The van der Waals surface area contributed by atoms with Gasteiger partial charge in [0, 0.05) is 18.7 Å². The van der Waals surface area contributed by atoms with Gasteiger partial charge in [-0.05, 0) is 25.0 Å². The third-order valence-electron chi connectivity index (χ3n) is 2.23. The Morgan fingerprint density at radius 3 is 2.56 bits per heavy atom. The number of rotatable bonds is 7. The number of carbonyl (C=O) groups is 1. The van der Waals surface area contributed by atoms with Crippen LogP contribution in [0.5, 0.6) is 5.75 Å². The summed E-state index contributed by atoms with van der Waals surface area (Å²) in [5.74, 6) is -0.961. The number of carboxylic acid groups (broad SMARTS) is 1. The molecule has 0 aliphatic rings. The first-order chi connectivity index (χ1) is 8.56. The Morgan fingerprint density at radius 2 is 1.94 bits per heavy atom. The first-order valence-electron chi connectivity index (χ1n) is 5.40. The minimum atomic E-state index is -1.12. The number of benzene rings is 1. The van der Waals surface area contributed by atoms with Crippen molar-refractivity contribution in [3.05, 3.63) is 27.7 Å². The number of methoxy groups -OCH3 is 1. The molecule has 0 amide bonds. The molecule has 1 aromatic carbocycles. The predicted molar refractivity (Wildman–Crippen MR) is 70.0 cm³/mol. The van der Waals surface area contributed by atoms with Crippen LogP contribution < -0.4 is 4.74 Å². The molecule has 0 atom stereocenters. The van der Waals surface area contributed by atoms with Crippen LogP contribution in [0.1, 0.15) is 23.2 Å². The number of aromatic carboxylic acids is 1. The molecule has 0 unspecified atom stereocenters. The lowest BCUT2D eigenvalue weighted by Gasteiger charge is -2.11. The second kappa shape index (κ2) is 7.46. The quantitative estimate of drug-likeness (QED) is 0.782. The fourth-order valence-corrected chi connectivity index (χ4v) is 1.94. The molecule has 0 fully saturated rings. The standard InChI is InChI=1S/C12H14Cl2O4/c1-17-4-2-3-5-18-11-9(12(15)16)6-8(13)7-10(11)14/h6-7H,2-5H2,1H3,(H,15,16). The maximum atomic E-state index is 11.0. The molecule has 4 nitrogen and oxygen atoms in total. The number of hydrogen-bond donors (Lipinski definition) is 1. The average molecular weight is 293 g/mol. The van der Waals surface area contributed by atoms with Gasteiger partial charge in [-0.25, -0.2) is 4.79 Å². The maximum absolute atomic E-state index is 11.0. The van der Waals surface area contributed by atoms with Crippen molar-refractivity contribution in [2.75, 3.05) is 20.3 Å². The highest BCUT2D eigenvalue weighted by Crippen LogP contribution is 2.32. The summed E-state index contributed by atoms with van der Waals surface area (Å²) in [6.45, 7) is 1.02. The number of unbranched alkanes of at least 4 members (excludes halogenated alkanes) is 1. The van der Waals surface area contributed by atoms with E-state index < -0.39 is 5.97 Å². The van der Waals surface area contributed by atoms with E-state index >= 15 is 0 Å². The van der Waals surface area contributed by atoms with Gasteiger partial charge in [0.1, 0.15) is 5.56 Å². The molecule has 0 aromatic heterocycles. The second-order valence-electron chi connectivity index (χ2n) is 3.62. The van der Waals surface area contributed by atoms with Crippen LogP contribution in [0.4, 0.5) is 0 Å². The van der Waals surface area contributed by atoms with Crippen molar-refractivity contribution in [1.82, 2.24) is 0 Å². The van der Waals surface area contributed by atoms with E-state index in [0.29, 0.717) is 13.2 Å². The van der Waals surface area contributed by atoms with Crippen molar-refractivity contribution in [1.29, 1.82) is 0 Å². The Balaban J connectivity index is 2.71. The third kappa shape index (κ3) is 4.37. The predicted octanol–water partition coefficient (Wildman–Crippen LogP) is 3.50. The van der Waals surface area contributed by atoms with E-state index in [2.05, 4.69) is 0 Å². The van der Waals surface area contributed by atoms with Crippen LogP contribution in [0.2, 0.25) is 10.0 Å². The first-order valence-corrected chi connectivity index (χ1v) is 6.16. The first kappa shape index (κ1) is 15.1. The molecule has 0 aliphatic heterocycles. The fourth-order valence-electron chi connectivity index (χ4n) is 1.39. The summed E-state index contributed by atoms with van der Waals surface area (Å²) in [5.41, 5.74) is -0.0285. The molecule has 0 spiro atoms. The van der Waals surface area contributed by atoms with Crippen LogP contribution in [0.3, 0.4) is 0 Å². The molecule has 1 aromatic rings. The fraction of sp³-hybridized carbons (Fsp3) is 0.417. The van der Waals surface area contributed by atoms with Gasteiger partial charge in [-0.3, -0.25) is 0 Å². The molecule has 0 saturated heterocycles. The van der Waals surface area contributed by atoms with Crippen LogP contribution in [-0.4, -0.2) is 31.4 Å². The molecular formula is C12H14Cl2O4. The molecule has 18 heavy (non-hydrogen) atoms. The monoisotopic (exact) mass is 292 g/mol. The number of hydrogen-bond acceptors (Lipinski definition) is 3. The summed E-state index contributed by atoms with van der Waals surface area (Å²) in [7, 11) is 1.62. The van der Waals surface area contributed by atoms with E-state index in [-0.39, 0.29) is 21.4 Å². The van der Waals surface area contributed by atoms with Crippen molar-refractivity contribution in [3.63, 3.8) is 0 Å².